The number of carbonyl (C=O) groups is 2. The van der Waals surface area contributed by atoms with E-state index in [9.17, 15) is 27.6 Å². The Morgan fingerprint density at radius 2 is 1.74 bits per heavy atom. The minimum atomic E-state index is -1.18. The van der Waals surface area contributed by atoms with Crippen molar-refractivity contribution in [2.45, 2.75) is 63.5 Å². The van der Waals surface area contributed by atoms with Crippen LogP contribution in [0.2, 0.25) is 0 Å². The van der Waals surface area contributed by atoms with Gasteiger partial charge in [0.1, 0.15) is 35.3 Å². The third kappa shape index (κ3) is 4.84. The number of fused-ring (bicyclic) bond motifs is 1. The van der Waals surface area contributed by atoms with E-state index >= 15 is 0 Å². The van der Waals surface area contributed by atoms with Crippen LogP contribution in [0.15, 0.2) is 88.9 Å². The summed E-state index contributed by atoms with van der Waals surface area (Å²) in [5.41, 5.74) is -0.861. The van der Waals surface area contributed by atoms with Gasteiger partial charge in [0.15, 0.2) is 17.7 Å². The molecule has 9 nitrogen and oxygen atoms in total. The number of benzene rings is 3. The SMILES string of the molecule is CC1=N[N+]2(c3ccccc3)C3(CCC(C)N(C)CC32n2cc(C(=O)NCc3c(F)cc(F)cc3F)c(=O)c(OCc3ccccc3)c2C=O)C1. The molecule has 1 aromatic heterocycles. The number of hydrogen-bond acceptors (Lipinski definition) is 6. The van der Waals surface area contributed by atoms with Gasteiger partial charge >= 0.3 is 0 Å². The molecule has 2 fully saturated rings. The summed E-state index contributed by atoms with van der Waals surface area (Å²) in [4.78, 5) is 43.6. The summed E-state index contributed by atoms with van der Waals surface area (Å²) in [6.45, 7) is 3.81. The predicted molar refractivity (Wildman–Crippen MR) is 182 cm³/mol. The van der Waals surface area contributed by atoms with Gasteiger partial charge < -0.3 is 10.1 Å². The molecule has 50 heavy (non-hydrogen) atoms. The molecule has 4 unspecified atom stereocenters. The third-order valence-electron chi connectivity index (χ3n) is 10.8. The molecule has 4 aromatic rings. The number of quaternary nitrogens is 1. The Morgan fingerprint density at radius 3 is 2.40 bits per heavy atom. The summed E-state index contributed by atoms with van der Waals surface area (Å²) in [7, 11) is 2.01. The number of aldehydes is 1. The van der Waals surface area contributed by atoms with Crippen molar-refractivity contribution >= 4 is 23.6 Å². The van der Waals surface area contributed by atoms with Gasteiger partial charge in [0.2, 0.25) is 11.0 Å². The number of carbonyl (C=O) groups excluding carboxylic acids is 2. The van der Waals surface area contributed by atoms with Gasteiger partial charge in [-0.15, -0.1) is 4.59 Å². The number of amides is 1. The lowest BCUT2D eigenvalue weighted by atomic mass is 9.89. The van der Waals surface area contributed by atoms with E-state index in [1.54, 1.807) is 16.7 Å². The minimum Gasteiger partial charge on any atom is -0.483 e. The topological polar surface area (TPSA) is 93.0 Å². The Bertz CT molecular complexity index is 2070. The normalized spacial score (nSPS) is 25.6. The van der Waals surface area contributed by atoms with Gasteiger partial charge in [-0.3, -0.25) is 23.9 Å². The van der Waals surface area contributed by atoms with E-state index in [2.05, 4.69) is 17.1 Å². The maximum atomic E-state index is 14.5. The molecular weight excluding hydrogens is 647 g/mol. The quantitative estimate of drug-likeness (QED) is 0.135. The summed E-state index contributed by atoms with van der Waals surface area (Å²) in [5.74, 6) is -4.72. The zero-order valence-corrected chi connectivity index (χ0v) is 28.0. The molecule has 3 aliphatic rings. The molecule has 3 aromatic carbocycles. The summed E-state index contributed by atoms with van der Waals surface area (Å²) in [6, 6.07) is 20.1. The van der Waals surface area contributed by atoms with Crippen molar-refractivity contribution in [1.29, 1.82) is 0 Å². The number of rotatable bonds is 9. The van der Waals surface area contributed by atoms with Crippen LogP contribution in [0.1, 0.15) is 65.1 Å². The number of hydrogen-bond donors (Lipinski definition) is 1. The number of aromatic nitrogens is 1. The standard InChI is InChI=1S/C38H36F3N5O4/c1-24-18-37-15-14-25(2)44(3)23-38(37,46(37,43-24)28-12-8-5-9-13-28)45-20-30(36(49)42-19-29-31(40)16-27(39)17-32(29)41)34(48)35(33(45)21-47)50-22-26-10-6-4-7-11-26/h4-13,16-17,20-21,25H,14-15,18-19,22-23H2,1-3H3/p+1. The molecule has 0 aliphatic carbocycles. The van der Waals surface area contributed by atoms with E-state index in [1.807, 2.05) is 62.5 Å². The maximum Gasteiger partial charge on any atom is 0.280 e. The minimum absolute atomic E-state index is 0.0453. The Balaban J connectivity index is 1.44. The molecule has 258 valence electrons. The molecule has 1 N–H and O–H groups in total. The molecule has 4 heterocycles. The number of ether oxygens (including phenoxy) is 1. The highest BCUT2D eigenvalue weighted by molar-refractivity contribution is 5.95. The summed E-state index contributed by atoms with van der Waals surface area (Å²) in [5, 5.41) is 7.74. The fourth-order valence-electron chi connectivity index (χ4n) is 8.34. The summed E-state index contributed by atoms with van der Waals surface area (Å²) < 4.78 is 50.6. The number of likely N-dealkylation sites (tertiary alicyclic amines) is 1. The van der Waals surface area contributed by atoms with Gasteiger partial charge in [-0.1, -0.05) is 53.6 Å². The Hall–Kier alpha value is -5.07. The largest absolute Gasteiger partial charge is 0.483 e. The number of nitrogens with one attached hydrogen (secondary N) is 1. The van der Waals surface area contributed by atoms with Crippen molar-refractivity contribution in [2.24, 2.45) is 5.10 Å². The van der Waals surface area contributed by atoms with Crippen LogP contribution < -0.4 is 20.1 Å². The van der Waals surface area contributed by atoms with Crippen LogP contribution in [-0.4, -0.2) is 52.5 Å². The van der Waals surface area contributed by atoms with E-state index in [-0.39, 0.29) is 34.2 Å². The fraction of sp³-hybridized carbons (Fsp3) is 0.316. The first kappa shape index (κ1) is 33.4. The Morgan fingerprint density at radius 1 is 1.08 bits per heavy atom. The van der Waals surface area contributed by atoms with E-state index in [4.69, 9.17) is 9.84 Å². The Kier molecular flexibility index (Phi) is 8.26. The van der Waals surface area contributed by atoms with E-state index in [0.717, 1.165) is 29.8 Å². The van der Waals surface area contributed by atoms with Crippen LogP contribution in [0.25, 0.3) is 0 Å². The van der Waals surface area contributed by atoms with E-state index < -0.39 is 52.1 Å². The van der Waals surface area contributed by atoms with Gasteiger partial charge in [-0.05, 0) is 32.9 Å². The lowest BCUT2D eigenvalue weighted by molar-refractivity contribution is 0.0943. The molecule has 12 heteroatoms. The third-order valence-corrected chi connectivity index (χ3v) is 10.8. The van der Waals surface area contributed by atoms with Gasteiger partial charge in [0, 0.05) is 55.0 Å². The van der Waals surface area contributed by atoms with Crippen molar-refractivity contribution in [3.8, 4) is 5.75 Å². The molecule has 0 radical (unpaired) electrons. The van der Waals surface area contributed by atoms with Gasteiger partial charge in [-0.2, -0.15) is 0 Å². The molecule has 2 saturated heterocycles. The molecule has 0 saturated carbocycles. The fourth-order valence-corrected chi connectivity index (χ4v) is 8.34. The molecule has 4 atom stereocenters. The number of pyridine rings is 1. The monoisotopic (exact) mass is 684 g/mol. The van der Waals surface area contributed by atoms with Crippen LogP contribution in [0.4, 0.5) is 18.9 Å². The van der Waals surface area contributed by atoms with Gasteiger partial charge in [0.25, 0.3) is 11.6 Å². The lowest BCUT2D eigenvalue weighted by Crippen LogP contribution is -2.48. The van der Waals surface area contributed by atoms with Crippen molar-refractivity contribution < 1.29 is 27.5 Å². The predicted octanol–water partition coefficient (Wildman–Crippen LogP) is 5.89. The highest BCUT2D eigenvalue weighted by Crippen LogP contribution is 2.73. The second-order valence-corrected chi connectivity index (χ2v) is 13.5. The van der Waals surface area contributed by atoms with Crippen molar-refractivity contribution in [3.63, 3.8) is 0 Å². The van der Waals surface area contributed by atoms with Crippen LogP contribution in [-0.2, 0) is 18.8 Å². The number of halogens is 3. The van der Waals surface area contributed by atoms with Gasteiger partial charge in [-0.25, -0.2) is 13.2 Å². The first-order chi connectivity index (χ1) is 24.0. The van der Waals surface area contributed by atoms with Crippen LogP contribution in [0.5, 0.6) is 5.75 Å². The van der Waals surface area contributed by atoms with Crippen LogP contribution in [0.3, 0.4) is 0 Å². The number of likely N-dealkylation sites (N-methyl/N-ethyl adjacent to an activating group) is 1. The lowest BCUT2D eigenvalue weighted by Gasteiger charge is -2.31. The first-order valence-corrected chi connectivity index (χ1v) is 16.5. The number of para-hydroxylation sites is 1. The summed E-state index contributed by atoms with van der Waals surface area (Å²) in [6.07, 6.45) is 4.12. The second kappa shape index (κ2) is 12.4. The molecular formula is C38H37F3N5O4+. The van der Waals surface area contributed by atoms with E-state index in [1.165, 1.54) is 6.20 Å². The average Bonchev–Trinajstić information content (AvgIpc) is 3.43. The first-order valence-electron chi connectivity index (χ1n) is 16.5. The highest BCUT2D eigenvalue weighted by atomic mass is 19.1. The Labute approximate surface area is 287 Å². The van der Waals surface area contributed by atoms with Crippen molar-refractivity contribution in [3.05, 3.63) is 129 Å². The molecule has 1 amide bonds. The zero-order chi connectivity index (χ0) is 35.4. The summed E-state index contributed by atoms with van der Waals surface area (Å²) >= 11 is 0. The van der Waals surface area contributed by atoms with E-state index in [0.29, 0.717) is 31.4 Å². The van der Waals surface area contributed by atoms with Gasteiger partial charge in [0.05, 0.1) is 18.7 Å². The molecule has 3 aliphatic heterocycles. The smallest absolute Gasteiger partial charge is 0.280 e. The van der Waals surface area contributed by atoms with Crippen LogP contribution in [0, 0.1) is 17.5 Å². The van der Waals surface area contributed by atoms with Crippen molar-refractivity contribution in [2.75, 3.05) is 13.6 Å². The number of nitrogens with zero attached hydrogens (tertiary/aromatic N) is 4. The average molecular weight is 685 g/mol. The molecule has 7 rings (SSSR count). The molecule has 1 spiro atoms. The zero-order valence-electron chi connectivity index (χ0n) is 28.0. The molecule has 0 bridgehead atoms. The second-order valence-electron chi connectivity index (χ2n) is 13.5. The highest BCUT2D eigenvalue weighted by Gasteiger charge is 2.96. The van der Waals surface area contributed by atoms with Crippen LogP contribution >= 0.6 is 0 Å². The maximum absolute atomic E-state index is 14.5. The van der Waals surface area contributed by atoms with Crippen molar-refractivity contribution in [1.82, 2.24) is 19.4 Å².